The molecule has 1 heterocycles. The average Bonchev–Trinajstić information content (AvgIpc) is 1.80. The average molecular weight is 211 g/mol. The third kappa shape index (κ3) is 9.66. The summed E-state index contributed by atoms with van der Waals surface area (Å²) in [7, 11) is 6.00. The molecule has 2 N–H and O–H groups in total. The molecule has 4 amide bonds. The van der Waals surface area contributed by atoms with Gasteiger partial charge in [0.05, 0.1) is 0 Å². The molecule has 1 aliphatic rings. The topological polar surface area (TPSA) is 78.5 Å². The Balaban J connectivity index is -0.000000213. The Labute approximate surface area is 106 Å². The maximum Gasteiger partial charge on any atom is 1.00 e. The number of nitrogens with one attached hydrogen (secondary N) is 2. The first-order valence-corrected chi connectivity index (χ1v) is 3.66. The van der Waals surface area contributed by atoms with Crippen LogP contribution < -0.4 is 40.2 Å². The van der Waals surface area contributed by atoms with Crippen LogP contribution in [0.25, 0.3) is 0 Å². The van der Waals surface area contributed by atoms with Gasteiger partial charge in [0, 0.05) is 0 Å². The molecule has 1 rings (SSSR count). The number of urea groups is 1. The molecule has 0 bridgehead atoms. The smallest absolute Gasteiger partial charge is 1.00 e. The van der Waals surface area contributed by atoms with Crippen LogP contribution in [0.1, 0.15) is 7.85 Å². The molecule has 0 aromatic heterocycles. The third-order valence-electron chi connectivity index (χ3n) is 0.827. The molecule has 76 valence electrons. The Morgan fingerprint density at radius 2 is 1.36 bits per heavy atom. The van der Waals surface area contributed by atoms with E-state index >= 15 is 0 Å². The summed E-state index contributed by atoms with van der Waals surface area (Å²) < 4.78 is 0. The first kappa shape index (κ1) is 16.0. The molecule has 0 spiro atoms. The Morgan fingerprint density at radius 3 is 1.57 bits per heavy atom. The molecule has 7 heteroatoms. The summed E-state index contributed by atoms with van der Waals surface area (Å²) in [6.07, 6.45) is -0.258. The van der Waals surface area contributed by atoms with Crippen molar-refractivity contribution in [1.29, 1.82) is 0 Å². The van der Waals surface area contributed by atoms with Gasteiger partial charge in [0.15, 0.2) is 0 Å². The number of barbiturate groups is 1. The first-order valence-electron chi connectivity index (χ1n) is 3.66. The molecular formula is C7H14N3NaO3. The maximum atomic E-state index is 10.3. The molecule has 0 aromatic rings. The molecule has 0 radical (unpaired) electrons. The zero-order valence-corrected chi connectivity index (χ0v) is 10.9. The number of amides is 4. The van der Waals surface area contributed by atoms with Crippen molar-refractivity contribution < 1.29 is 45.4 Å². The summed E-state index contributed by atoms with van der Waals surface area (Å²) in [5.74, 6) is -1.10. The zero-order chi connectivity index (χ0) is 10.4. The number of carbonyl (C=O) groups is 3. The van der Waals surface area contributed by atoms with Crippen molar-refractivity contribution in [2.45, 2.75) is 6.42 Å². The number of nitrogens with zero attached hydrogens (tertiary/aromatic N) is 1. The Morgan fingerprint density at radius 1 is 1.07 bits per heavy atom. The fourth-order valence-corrected chi connectivity index (χ4v) is 0.519. The van der Waals surface area contributed by atoms with Crippen molar-refractivity contribution in [3.05, 3.63) is 0 Å². The summed E-state index contributed by atoms with van der Waals surface area (Å²) in [6.45, 7) is 0. The van der Waals surface area contributed by atoms with Crippen LogP contribution in [-0.4, -0.2) is 43.9 Å². The van der Waals surface area contributed by atoms with E-state index in [1.165, 1.54) is 0 Å². The van der Waals surface area contributed by atoms with Gasteiger partial charge in [-0.1, -0.05) is 0 Å². The van der Waals surface area contributed by atoms with E-state index in [4.69, 9.17) is 0 Å². The van der Waals surface area contributed by atoms with E-state index in [9.17, 15) is 14.4 Å². The summed E-state index contributed by atoms with van der Waals surface area (Å²) in [5.41, 5.74) is 0. The molecule has 1 aliphatic heterocycles. The second-order valence-electron chi connectivity index (χ2n) is 2.94. The predicted molar refractivity (Wildman–Crippen MR) is 47.0 cm³/mol. The second kappa shape index (κ2) is 7.93. The molecule has 1 saturated heterocycles. The van der Waals surface area contributed by atoms with E-state index in [-0.39, 0.29) is 37.4 Å². The van der Waals surface area contributed by atoms with E-state index in [1.807, 2.05) is 36.7 Å². The zero-order valence-electron chi connectivity index (χ0n) is 9.88. The Kier molecular flexibility index (Phi) is 9.07. The normalized spacial score (nSPS) is 14.7. The van der Waals surface area contributed by atoms with Crippen molar-refractivity contribution in [3.8, 4) is 0 Å². The van der Waals surface area contributed by atoms with Crippen LogP contribution in [0, 0.1) is 0 Å². The number of imide groups is 2. The van der Waals surface area contributed by atoms with Gasteiger partial charge in [0.25, 0.3) is 0 Å². The van der Waals surface area contributed by atoms with E-state index in [0.29, 0.717) is 0 Å². The molecule has 0 aromatic carbocycles. The van der Waals surface area contributed by atoms with Gasteiger partial charge in [0.2, 0.25) is 11.8 Å². The van der Waals surface area contributed by atoms with Crippen molar-refractivity contribution >= 4 is 17.8 Å². The molecular weight excluding hydrogens is 197 g/mol. The number of hydrogen-bond acceptors (Lipinski definition) is 4. The van der Waals surface area contributed by atoms with Crippen molar-refractivity contribution in [3.63, 3.8) is 0 Å². The van der Waals surface area contributed by atoms with E-state index in [0.717, 1.165) is 0 Å². The molecule has 1 fully saturated rings. The van der Waals surface area contributed by atoms with Gasteiger partial charge in [0.1, 0.15) is 6.42 Å². The Bertz CT molecular complexity index is 187. The summed E-state index contributed by atoms with van der Waals surface area (Å²) in [6, 6.07) is -0.740. The fraction of sp³-hybridized carbons (Fsp3) is 0.571. The molecule has 0 aliphatic carbocycles. The van der Waals surface area contributed by atoms with Gasteiger partial charge in [-0.15, -0.1) is 0 Å². The van der Waals surface area contributed by atoms with Crippen molar-refractivity contribution in [1.82, 2.24) is 15.5 Å². The van der Waals surface area contributed by atoms with Crippen LogP contribution in [0.5, 0.6) is 0 Å². The van der Waals surface area contributed by atoms with Gasteiger partial charge in [-0.05, 0) is 21.1 Å². The van der Waals surface area contributed by atoms with Crippen LogP contribution in [0.3, 0.4) is 0 Å². The standard InChI is InChI=1S/C4H4N2O3.C3H9N.Na.H/c7-2-1-3(8)6-4(9)5-2;1-4(2)3;;/h1H2,(H2,5,6,7,8,9);1-3H3;;/q;;+1;-1. The quantitative estimate of drug-likeness (QED) is 0.316. The molecule has 0 atom stereocenters. The largest absolute Gasteiger partial charge is 1.00 e. The number of rotatable bonds is 0. The van der Waals surface area contributed by atoms with Crippen LogP contribution in [-0.2, 0) is 9.59 Å². The minimum Gasteiger partial charge on any atom is -1.00 e. The molecule has 0 unspecified atom stereocenters. The first-order chi connectivity index (χ1) is 5.91. The van der Waals surface area contributed by atoms with Gasteiger partial charge < -0.3 is 6.33 Å². The van der Waals surface area contributed by atoms with Crippen molar-refractivity contribution in [2.75, 3.05) is 21.1 Å². The maximum absolute atomic E-state index is 10.3. The molecule has 6 nitrogen and oxygen atoms in total. The predicted octanol–water partition coefficient (Wildman–Crippen LogP) is -3.96. The van der Waals surface area contributed by atoms with Gasteiger partial charge in [-0.25, -0.2) is 4.79 Å². The van der Waals surface area contributed by atoms with E-state index < -0.39 is 17.8 Å². The summed E-state index contributed by atoms with van der Waals surface area (Å²) in [5, 5.41) is 3.80. The summed E-state index contributed by atoms with van der Waals surface area (Å²) >= 11 is 0. The monoisotopic (exact) mass is 211 g/mol. The fourth-order valence-electron chi connectivity index (χ4n) is 0.519. The summed E-state index contributed by atoms with van der Waals surface area (Å²) in [4.78, 5) is 32.8. The SMILES string of the molecule is CN(C)C.O=C1CC(=O)NC(=O)N1.[H-].[Na+]. The Hall–Kier alpha value is -0.430. The van der Waals surface area contributed by atoms with E-state index in [1.54, 1.807) is 0 Å². The van der Waals surface area contributed by atoms with E-state index in [2.05, 4.69) is 0 Å². The molecule has 14 heavy (non-hydrogen) atoms. The van der Waals surface area contributed by atoms with Crippen LogP contribution >= 0.6 is 0 Å². The van der Waals surface area contributed by atoms with Crippen LogP contribution in [0.15, 0.2) is 0 Å². The minimum absolute atomic E-state index is 0. The van der Waals surface area contributed by atoms with Gasteiger partial charge in [-0.3, -0.25) is 20.2 Å². The number of hydrogen-bond donors (Lipinski definition) is 2. The third-order valence-corrected chi connectivity index (χ3v) is 0.827. The second-order valence-corrected chi connectivity index (χ2v) is 2.94. The van der Waals surface area contributed by atoms with Crippen molar-refractivity contribution in [2.24, 2.45) is 0 Å². The van der Waals surface area contributed by atoms with Crippen LogP contribution in [0.2, 0.25) is 0 Å². The molecule has 0 saturated carbocycles. The van der Waals surface area contributed by atoms with Gasteiger partial charge in [-0.2, -0.15) is 0 Å². The van der Waals surface area contributed by atoms with Gasteiger partial charge >= 0.3 is 35.6 Å². The number of carbonyl (C=O) groups excluding carboxylic acids is 3. The van der Waals surface area contributed by atoms with Crippen LogP contribution in [0.4, 0.5) is 4.79 Å². The minimum atomic E-state index is -0.740.